The number of hydrogen-bond donors (Lipinski definition) is 1. The number of halogens is 1. The van der Waals surface area contributed by atoms with Crippen LogP contribution in [0.3, 0.4) is 0 Å². The molecule has 4 heteroatoms. The van der Waals surface area contributed by atoms with Crippen LogP contribution in [-0.4, -0.2) is 12.8 Å². The minimum absolute atomic E-state index is 0.632. The monoisotopic (exact) mass is 274 g/mol. The van der Waals surface area contributed by atoms with E-state index in [0.717, 1.165) is 17.0 Å². The van der Waals surface area contributed by atoms with Gasteiger partial charge in [-0.25, -0.2) is 0 Å². The van der Waals surface area contributed by atoms with Crippen LogP contribution in [-0.2, 0) is 0 Å². The Morgan fingerprint density at radius 1 is 1.21 bits per heavy atom. The molecule has 0 amide bonds. The van der Waals surface area contributed by atoms with Gasteiger partial charge in [0.05, 0.1) is 18.5 Å². The Labute approximate surface area is 117 Å². The number of nitrogens with one attached hydrogen (secondary N) is 1. The van der Waals surface area contributed by atoms with Gasteiger partial charge in [-0.1, -0.05) is 29.8 Å². The molecule has 2 rings (SSSR count). The molecular formula is C15H15ClN2O. The van der Waals surface area contributed by atoms with E-state index in [9.17, 15) is 0 Å². The first-order chi connectivity index (χ1) is 9.29. The number of ether oxygens (including phenoxy) is 1. The van der Waals surface area contributed by atoms with Crippen molar-refractivity contribution >= 4 is 23.5 Å². The van der Waals surface area contributed by atoms with Crippen LogP contribution in [0.1, 0.15) is 12.5 Å². The molecular weight excluding hydrogens is 260 g/mol. The van der Waals surface area contributed by atoms with Crippen molar-refractivity contribution in [2.75, 3.05) is 12.0 Å². The van der Waals surface area contributed by atoms with E-state index in [1.165, 1.54) is 0 Å². The number of nitrogens with zero attached hydrogens (tertiary/aromatic N) is 1. The summed E-state index contributed by atoms with van der Waals surface area (Å²) in [6.07, 6.45) is 1.73. The Bertz CT molecular complexity index is 570. The maximum Gasteiger partial charge on any atom is 0.128 e. The van der Waals surface area contributed by atoms with Crippen LogP contribution >= 0.6 is 11.6 Å². The van der Waals surface area contributed by atoms with Crippen molar-refractivity contribution in [1.29, 1.82) is 0 Å². The van der Waals surface area contributed by atoms with E-state index in [2.05, 4.69) is 10.5 Å². The zero-order chi connectivity index (χ0) is 13.5. The molecule has 0 saturated carbocycles. The molecule has 0 radical (unpaired) electrons. The summed E-state index contributed by atoms with van der Waals surface area (Å²) in [5.41, 5.74) is 4.71. The van der Waals surface area contributed by atoms with E-state index in [0.29, 0.717) is 11.6 Å². The zero-order valence-corrected chi connectivity index (χ0v) is 11.4. The fourth-order valence-electron chi connectivity index (χ4n) is 1.61. The first-order valence-electron chi connectivity index (χ1n) is 6.06. The topological polar surface area (TPSA) is 33.6 Å². The SMILES string of the molecule is CCOc1ccccc1C=NNc1cccc(Cl)c1. The smallest absolute Gasteiger partial charge is 0.128 e. The fourth-order valence-corrected chi connectivity index (χ4v) is 1.80. The number of rotatable bonds is 5. The van der Waals surface area contributed by atoms with Gasteiger partial charge in [-0.2, -0.15) is 5.10 Å². The Kier molecular flexibility index (Phi) is 4.81. The maximum atomic E-state index is 5.90. The third-order valence-corrected chi connectivity index (χ3v) is 2.68. The highest BCUT2D eigenvalue weighted by Gasteiger charge is 1.98. The molecule has 0 heterocycles. The van der Waals surface area contributed by atoms with E-state index >= 15 is 0 Å². The van der Waals surface area contributed by atoms with Crippen LogP contribution in [0, 0.1) is 0 Å². The minimum Gasteiger partial charge on any atom is -0.493 e. The molecule has 0 saturated heterocycles. The van der Waals surface area contributed by atoms with Crippen molar-refractivity contribution in [3.8, 4) is 5.75 Å². The van der Waals surface area contributed by atoms with Gasteiger partial charge in [0, 0.05) is 10.6 Å². The standard InChI is InChI=1S/C15H15ClN2O/c1-2-19-15-9-4-3-6-12(15)11-17-18-14-8-5-7-13(16)10-14/h3-11,18H,2H2,1H3. The van der Waals surface area contributed by atoms with Gasteiger partial charge in [0.15, 0.2) is 0 Å². The van der Waals surface area contributed by atoms with Crippen LogP contribution in [0.2, 0.25) is 5.02 Å². The maximum absolute atomic E-state index is 5.90. The lowest BCUT2D eigenvalue weighted by molar-refractivity contribution is 0.340. The number of anilines is 1. The molecule has 19 heavy (non-hydrogen) atoms. The summed E-state index contributed by atoms with van der Waals surface area (Å²) in [6.45, 7) is 2.59. The van der Waals surface area contributed by atoms with Crippen molar-refractivity contribution in [1.82, 2.24) is 0 Å². The second-order valence-electron chi connectivity index (χ2n) is 3.85. The molecule has 0 aromatic heterocycles. The Morgan fingerprint density at radius 2 is 2.05 bits per heavy atom. The Hall–Kier alpha value is -2.00. The summed E-state index contributed by atoms with van der Waals surface area (Å²) in [5.74, 6) is 0.821. The summed E-state index contributed by atoms with van der Waals surface area (Å²) in [7, 11) is 0. The molecule has 0 aliphatic carbocycles. The van der Waals surface area contributed by atoms with Crippen molar-refractivity contribution in [3.05, 3.63) is 59.1 Å². The van der Waals surface area contributed by atoms with Gasteiger partial charge in [-0.05, 0) is 37.3 Å². The molecule has 0 spiro atoms. The number of hydrazone groups is 1. The summed E-state index contributed by atoms with van der Waals surface area (Å²) in [4.78, 5) is 0. The molecule has 0 aliphatic rings. The summed E-state index contributed by atoms with van der Waals surface area (Å²) in [5, 5.41) is 4.86. The van der Waals surface area contributed by atoms with Gasteiger partial charge in [-0.3, -0.25) is 5.43 Å². The first kappa shape index (κ1) is 13.4. The average Bonchev–Trinajstić information content (AvgIpc) is 2.41. The largest absolute Gasteiger partial charge is 0.493 e. The van der Waals surface area contributed by atoms with Crippen LogP contribution in [0.4, 0.5) is 5.69 Å². The molecule has 3 nitrogen and oxygen atoms in total. The predicted octanol–water partition coefficient (Wildman–Crippen LogP) is 4.18. The molecule has 0 fully saturated rings. The third kappa shape index (κ3) is 4.00. The van der Waals surface area contributed by atoms with E-state index < -0.39 is 0 Å². The number of para-hydroxylation sites is 1. The van der Waals surface area contributed by atoms with Crippen molar-refractivity contribution < 1.29 is 4.74 Å². The van der Waals surface area contributed by atoms with Crippen LogP contribution in [0.15, 0.2) is 53.6 Å². The molecule has 0 bridgehead atoms. The second kappa shape index (κ2) is 6.81. The average molecular weight is 275 g/mol. The quantitative estimate of drug-likeness (QED) is 0.655. The molecule has 0 aliphatic heterocycles. The minimum atomic E-state index is 0.632. The lowest BCUT2D eigenvalue weighted by Gasteiger charge is -2.06. The molecule has 1 N–H and O–H groups in total. The lowest BCUT2D eigenvalue weighted by Crippen LogP contribution is -1.97. The van der Waals surface area contributed by atoms with Gasteiger partial charge >= 0.3 is 0 Å². The van der Waals surface area contributed by atoms with E-state index in [4.69, 9.17) is 16.3 Å². The lowest BCUT2D eigenvalue weighted by atomic mass is 10.2. The summed E-state index contributed by atoms with van der Waals surface area (Å²) in [6, 6.07) is 15.2. The highest BCUT2D eigenvalue weighted by Crippen LogP contribution is 2.17. The second-order valence-corrected chi connectivity index (χ2v) is 4.29. The fraction of sp³-hybridized carbons (Fsp3) is 0.133. The molecule has 2 aromatic carbocycles. The molecule has 2 aromatic rings. The predicted molar refractivity (Wildman–Crippen MR) is 80.3 cm³/mol. The normalized spacial score (nSPS) is 10.6. The number of benzene rings is 2. The van der Waals surface area contributed by atoms with Crippen molar-refractivity contribution in [2.24, 2.45) is 5.10 Å². The molecule has 0 unspecified atom stereocenters. The van der Waals surface area contributed by atoms with Crippen molar-refractivity contribution in [3.63, 3.8) is 0 Å². The number of hydrogen-bond acceptors (Lipinski definition) is 3. The van der Waals surface area contributed by atoms with Gasteiger partial charge in [0.25, 0.3) is 0 Å². The van der Waals surface area contributed by atoms with Gasteiger partial charge in [0.1, 0.15) is 5.75 Å². The summed E-state index contributed by atoms with van der Waals surface area (Å²) < 4.78 is 5.52. The van der Waals surface area contributed by atoms with Crippen molar-refractivity contribution in [2.45, 2.75) is 6.92 Å². The van der Waals surface area contributed by atoms with Crippen LogP contribution in [0.5, 0.6) is 5.75 Å². The highest BCUT2D eigenvalue weighted by atomic mass is 35.5. The van der Waals surface area contributed by atoms with Gasteiger partial charge < -0.3 is 4.74 Å². The van der Waals surface area contributed by atoms with E-state index in [1.54, 1.807) is 6.21 Å². The first-order valence-corrected chi connectivity index (χ1v) is 6.44. The summed E-state index contributed by atoms with van der Waals surface area (Å²) >= 11 is 5.90. The highest BCUT2D eigenvalue weighted by molar-refractivity contribution is 6.30. The third-order valence-electron chi connectivity index (χ3n) is 2.44. The van der Waals surface area contributed by atoms with Crippen LogP contribution in [0.25, 0.3) is 0 Å². The molecule has 98 valence electrons. The van der Waals surface area contributed by atoms with Crippen LogP contribution < -0.4 is 10.2 Å². The van der Waals surface area contributed by atoms with Gasteiger partial charge in [-0.15, -0.1) is 0 Å². The Balaban J connectivity index is 2.06. The Morgan fingerprint density at radius 3 is 2.84 bits per heavy atom. The molecule has 0 atom stereocenters. The zero-order valence-electron chi connectivity index (χ0n) is 10.6. The van der Waals surface area contributed by atoms with E-state index in [-0.39, 0.29) is 0 Å². The van der Waals surface area contributed by atoms with Gasteiger partial charge in [0.2, 0.25) is 0 Å². The van der Waals surface area contributed by atoms with E-state index in [1.807, 2.05) is 55.5 Å².